The zero-order chi connectivity index (χ0) is 24.7. The number of fused-ring (bicyclic) bond motifs is 3. The van der Waals surface area contributed by atoms with Gasteiger partial charge in [-0.25, -0.2) is 0 Å². The Morgan fingerprint density at radius 3 is 2.44 bits per heavy atom. The minimum Gasteiger partial charge on any atom is -0.508 e. The summed E-state index contributed by atoms with van der Waals surface area (Å²) >= 11 is 3.45. The van der Waals surface area contributed by atoms with Gasteiger partial charge in [-0.05, 0) is 70.7 Å². The molecule has 4 aliphatic rings. The molecule has 1 aromatic rings. The number of allylic oxidation sites excluding steroid dienone is 6. The van der Waals surface area contributed by atoms with Gasteiger partial charge in [-0.15, -0.1) is 0 Å². The van der Waals surface area contributed by atoms with Crippen molar-refractivity contribution in [2.45, 2.75) is 52.0 Å². The number of halogens is 1. The van der Waals surface area contributed by atoms with Crippen molar-refractivity contribution < 1.29 is 24.3 Å². The number of ketones is 2. The first-order valence-corrected chi connectivity index (χ1v) is 12.3. The summed E-state index contributed by atoms with van der Waals surface area (Å²) in [5.41, 5.74) is 1.82. The molecular formula is C27H26BrNO5. The first-order chi connectivity index (χ1) is 15.9. The number of benzene rings is 1. The van der Waals surface area contributed by atoms with Gasteiger partial charge in [-0.1, -0.05) is 27.6 Å². The Bertz CT molecular complexity index is 1280. The average molecular weight is 524 g/mol. The lowest BCUT2D eigenvalue weighted by atomic mass is 9.59. The molecule has 0 saturated carbocycles. The van der Waals surface area contributed by atoms with Crippen molar-refractivity contribution in [3.8, 4) is 5.75 Å². The van der Waals surface area contributed by atoms with Crippen LogP contribution in [0.15, 0.2) is 57.1 Å². The van der Waals surface area contributed by atoms with E-state index in [0.717, 1.165) is 10.0 Å². The van der Waals surface area contributed by atoms with Gasteiger partial charge in [0.25, 0.3) is 0 Å². The van der Waals surface area contributed by atoms with Gasteiger partial charge in [-0.3, -0.25) is 24.1 Å². The third-order valence-corrected chi connectivity index (χ3v) is 8.03. The number of carbonyl (C=O) groups is 4. The number of Topliss-reactive ketones (excluding diaryl/α,β-unsaturated/α-hetero) is 1. The van der Waals surface area contributed by atoms with Gasteiger partial charge < -0.3 is 5.11 Å². The van der Waals surface area contributed by atoms with Gasteiger partial charge in [0.1, 0.15) is 5.75 Å². The molecule has 1 aliphatic heterocycles. The summed E-state index contributed by atoms with van der Waals surface area (Å²) in [5.74, 6) is -2.96. The van der Waals surface area contributed by atoms with Gasteiger partial charge >= 0.3 is 0 Å². The van der Waals surface area contributed by atoms with Crippen LogP contribution in [0, 0.1) is 17.8 Å². The molecule has 5 rings (SSSR count). The normalized spacial score (nSPS) is 29.0. The molecule has 0 spiro atoms. The van der Waals surface area contributed by atoms with E-state index >= 15 is 0 Å². The second-order valence-corrected chi connectivity index (χ2v) is 11.5. The lowest BCUT2D eigenvalue weighted by Gasteiger charge is -2.42. The second-order valence-electron chi connectivity index (χ2n) is 10.6. The third-order valence-electron chi connectivity index (χ3n) is 7.53. The van der Waals surface area contributed by atoms with Crippen molar-refractivity contribution in [1.29, 1.82) is 0 Å². The van der Waals surface area contributed by atoms with Gasteiger partial charge in [0.2, 0.25) is 11.8 Å². The fourth-order valence-electron chi connectivity index (χ4n) is 6.16. The Hall–Kier alpha value is -2.80. The third kappa shape index (κ3) is 3.20. The van der Waals surface area contributed by atoms with Crippen LogP contribution in [-0.4, -0.2) is 38.9 Å². The standard InChI is InChI=1S/C27H26BrNO5/c1-12-9-20(31)23-18(24(12)32)11-16-14(21(23)17-10-13(28)5-8-19(17)30)6-7-15-22(16)26(34)29(25(15)33)27(2,3)4/h5-6,8-10,15-16,21-22,30H,7,11H2,1-4H3. The molecule has 3 aliphatic carbocycles. The smallest absolute Gasteiger partial charge is 0.234 e. The van der Waals surface area contributed by atoms with E-state index in [1.54, 1.807) is 25.1 Å². The fraction of sp³-hybridized carbons (Fsp3) is 0.407. The summed E-state index contributed by atoms with van der Waals surface area (Å²) < 4.78 is 0.728. The number of amides is 2. The number of nitrogens with zero attached hydrogens (tertiary/aromatic N) is 1. The van der Waals surface area contributed by atoms with E-state index in [1.165, 1.54) is 11.0 Å². The highest BCUT2D eigenvalue weighted by atomic mass is 79.9. The van der Waals surface area contributed by atoms with Crippen LogP contribution >= 0.6 is 15.9 Å². The fourth-order valence-corrected chi connectivity index (χ4v) is 6.53. The molecule has 2 amide bonds. The molecular weight excluding hydrogens is 498 g/mol. The molecule has 6 nitrogen and oxygen atoms in total. The van der Waals surface area contributed by atoms with E-state index < -0.39 is 29.2 Å². The number of hydrogen-bond donors (Lipinski definition) is 1. The monoisotopic (exact) mass is 523 g/mol. The first-order valence-electron chi connectivity index (χ1n) is 11.5. The maximum Gasteiger partial charge on any atom is 0.234 e. The largest absolute Gasteiger partial charge is 0.508 e. The van der Waals surface area contributed by atoms with Crippen LogP contribution in [0.25, 0.3) is 0 Å². The molecule has 176 valence electrons. The van der Waals surface area contributed by atoms with Crippen molar-refractivity contribution in [1.82, 2.24) is 4.90 Å². The quantitative estimate of drug-likeness (QED) is 0.335. The molecule has 1 saturated heterocycles. The molecule has 1 fully saturated rings. The molecule has 4 unspecified atom stereocenters. The number of rotatable bonds is 1. The summed E-state index contributed by atoms with van der Waals surface area (Å²) in [7, 11) is 0. The van der Waals surface area contributed by atoms with Gasteiger partial charge in [-0.2, -0.15) is 0 Å². The predicted octanol–water partition coefficient (Wildman–Crippen LogP) is 4.38. The molecule has 0 aromatic heterocycles. The highest BCUT2D eigenvalue weighted by molar-refractivity contribution is 9.10. The van der Waals surface area contributed by atoms with Crippen molar-refractivity contribution in [3.63, 3.8) is 0 Å². The SMILES string of the molecule is CC1=CC(=O)C2=C(CC3C(=CCC4C(=O)N(C(C)(C)C)C(=O)C43)C2c2cc(Br)ccc2O)C1=O. The number of phenols is 1. The molecule has 1 N–H and O–H groups in total. The zero-order valence-corrected chi connectivity index (χ0v) is 21.1. The molecule has 0 radical (unpaired) electrons. The van der Waals surface area contributed by atoms with E-state index in [4.69, 9.17) is 0 Å². The Kier molecular flexibility index (Phi) is 5.13. The van der Waals surface area contributed by atoms with Gasteiger partial charge in [0, 0.05) is 38.2 Å². The number of imide groups is 1. The zero-order valence-electron chi connectivity index (χ0n) is 19.5. The van der Waals surface area contributed by atoms with Crippen molar-refractivity contribution in [3.05, 3.63) is 62.7 Å². The van der Waals surface area contributed by atoms with Gasteiger partial charge in [0.15, 0.2) is 11.6 Å². The van der Waals surface area contributed by atoms with E-state index in [-0.39, 0.29) is 35.6 Å². The van der Waals surface area contributed by atoms with Crippen molar-refractivity contribution in [2.75, 3.05) is 0 Å². The molecule has 4 atom stereocenters. The number of aromatic hydroxyl groups is 1. The van der Waals surface area contributed by atoms with Crippen molar-refractivity contribution in [2.24, 2.45) is 17.8 Å². The maximum absolute atomic E-state index is 13.6. The Morgan fingerprint density at radius 2 is 1.76 bits per heavy atom. The minimum atomic E-state index is -0.653. The Morgan fingerprint density at radius 1 is 1.06 bits per heavy atom. The van der Waals surface area contributed by atoms with Crippen molar-refractivity contribution >= 4 is 39.3 Å². The number of hydrogen-bond acceptors (Lipinski definition) is 5. The minimum absolute atomic E-state index is 0.0143. The van der Waals surface area contributed by atoms with E-state index in [9.17, 15) is 24.3 Å². The van der Waals surface area contributed by atoms with Crippen LogP contribution in [0.1, 0.15) is 52.0 Å². The maximum atomic E-state index is 13.6. The number of likely N-dealkylation sites (tertiary alicyclic amines) is 1. The summed E-state index contributed by atoms with van der Waals surface area (Å²) in [6.45, 7) is 7.15. The molecule has 0 bridgehead atoms. The highest BCUT2D eigenvalue weighted by Gasteiger charge is 2.58. The van der Waals surface area contributed by atoms with Crippen LogP contribution in [0.2, 0.25) is 0 Å². The topological polar surface area (TPSA) is 91.8 Å². The molecule has 1 heterocycles. The van der Waals surface area contributed by atoms with Gasteiger partial charge in [0.05, 0.1) is 11.8 Å². The van der Waals surface area contributed by atoms with Crippen LogP contribution in [0.5, 0.6) is 5.75 Å². The highest BCUT2D eigenvalue weighted by Crippen LogP contribution is 2.56. The average Bonchev–Trinajstić information content (AvgIpc) is 3.02. The van der Waals surface area contributed by atoms with Crippen LogP contribution in [0.3, 0.4) is 0 Å². The van der Waals surface area contributed by atoms with Crippen LogP contribution in [-0.2, 0) is 19.2 Å². The molecule has 34 heavy (non-hydrogen) atoms. The second kappa shape index (κ2) is 7.60. The first kappa shape index (κ1) is 23.0. The lowest BCUT2D eigenvalue weighted by Crippen LogP contribution is -2.46. The molecule has 1 aromatic carbocycles. The number of carbonyl (C=O) groups excluding carboxylic acids is 4. The predicted molar refractivity (Wildman–Crippen MR) is 129 cm³/mol. The Balaban J connectivity index is 1.71. The summed E-state index contributed by atoms with van der Waals surface area (Å²) in [4.78, 5) is 54.7. The van der Waals surface area contributed by atoms with E-state index in [2.05, 4.69) is 15.9 Å². The summed E-state index contributed by atoms with van der Waals surface area (Å²) in [6.07, 6.45) is 3.95. The van der Waals surface area contributed by atoms with Crippen LogP contribution in [0.4, 0.5) is 0 Å². The van der Waals surface area contributed by atoms with Crippen LogP contribution < -0.4 is 0 Å². The lowest BCUT2D eigenvalue weighted by molar-refractivity contribution is -0.145. The summed E-state index contributed by atoms with van der Waals surface area (Å²) in [6, 6.07) is 5.02. The summed E-state index contributed by atoms with van der Waals surface area (Å²) in [5, 5.41) is 10.8. The van der Waals surface area contributed by atoms with E-state index in [0.29, 0.717) is 28.7 Å². The molecule has 7 heteroatoms. The number of phenolic OH excluding ortho intramolecular Hbond substituents is 1. The van der Waals surface area contributed by atoms with E-state index in [1.807, 2.05) is 26.8 Å². The Labute approximate surface area is 206 Å².